The number of guanidine groups is 1. The zero-order valence-corrected chi connectivity index (χ0v) is 22.3. The van der Waals surface area contributed by atoms with Gasteiger partial charge in [0.05, 0.1) is 18.8 Å². The highest BCUT2D eigenvalue weighted by atomic mass is 127. The molecule has 0 aromatic carbocycles. The Kier molecular flexibility index (Phi) is 11.1. The molecule has 2 fully saturated rings. The maximum Gasteiger partial charge on any atom is 0.191 e. The first kappa shape index (κ1) is 26.4. The van der Waals surface area contributed by atoms with Gasteiger partial charge in [-0.15, -0.1) is 24.0 Å². The predicted octanol–water partition coefficient (Wildman–Crippen LogP) is 3.62. The van der Waals surface area contributed by atoms with Crippen molar-refractivity contribution >= 4 is 29.9 Å². The maximum absolute atomic E-state index is 5.20. The maximum atomic E-state index is 5.20. The molecule has 0 bridgehead atoms. The summed E-state index contributed by atoms with van der Waals surface area (Å²) in [6, 6.07) is 0. The highest BCUT2D eigenvalue weighted by molar-refractivity contribution is 14.0. The van der Waals surface area contributed by atoms with Gasteiger partial charge in [-0.3, -0.25) is 14.6 Å². The number of hydrogen-bond acceptors (Lipinski definition) is 4. The van der Waals surface area contributed by atoms with Crippen LogP contribution in [0, 0.1) is 13.8 Å². The Bertz CT molecular complexity index is 692. The van der Waals surface area contributed by atoms with E-state index in [1.807, 2.05) is 11.7 Å². The molecule has 8 heteroatoms. The molecule has 1 saturated carbocycles. The van der Waals surface area contributed by atoms with Crippen LogP contribution in [0.15, 0.2) is 4.99 Å². The van der Waals surface area contributed by atoms with Crippen molar-refractivity contribution in [2.24, 2.45) is 4.99 Å². The molecule has 0 spiro atoms. The van der Waals surface area contributed by atoms with Crippen LogP contribution in [0.2, 0.25) is 0 Å². The van der Waals surface area contributed by atoms with Crippen LogP contribution in [0.25, 0.3) is 0 Å². The van der Waals surface area contributed by atoms with Gasteiger partial charge in [0.25, 0.3) is 0 Å². The summed E-state index contributed by atoms with van der Waals surface area (Å²) in [4.78, 5) is 7.29. The van der Waals surface area contributed by atoms with E-state index >= 15 is 0 Å². The van der Waals surface area contributed by atoms with Crippen LogP contribution in [0.5, 0.6) is 0 Å². The van der Waals surface area contributed by atoms with Gasteiger partial charge in [0, 0.05) is 44.0 Å². The van der Waals surface area contributed by atoms with E-state index in [9.17, 15) is 0 Å². The largest absolute Gasteiger partial charge is 0.383 e. The minimum Gasteiger partial charge on any atom is -0.383 e. The SMILES string of the molecule is CN=C(NCc1c(C)nn(CCOC)c1C)NCC1(N2CCCCC2)CCCCC1.I. The number of piperidine rings is 1. The van der Waals surface area contributed by atoms with Gasteiger partial charge in [-0.2, -0.15) is 5.10 Å². The van der Waals surface area contributed by atoms with E-state index in [1.54, 1.807) is 7.11 Å². The van der Waals surface area contributed by atoms with Crippen molar-refractivity contribution in [2.45, 2.75) is 83.8 Å². The standard InChI is InChI=1S/C23H42N6O.HI/c1-19-21(20(2)29(27-19)15-16-30-4)17-25-22(24-3)26-18-23(11-7-5-8-12-23)28-13-9-6-10-14-28;/h5-18H2,1-4H3,(H2,24,25,26);1H. The van der Waals surface area contributed by atoms with Crippen molar-refractivity contribution in [1.82, 2.24) is 25.3 Å². The Hall–Kier alpha value is -0.870. The first-order valence-electron chi connectivity index (χ1n) is 11.8. The normalized spacial score (nSPS) is 19.7. The van der Waals surface area contributed by atoms with E-state index in [4.69, 9.17) is 4.74 Å². The fourth-order valence-electron chi connectivity index (χ4n) is 5.21. The highest BCUT2D eigenvalue weighted by Gasteiger charge is 2.38. The summed E-state index contributed by atoms with van der Waals surface area (Å²) >= 11 is 0. The third-order valence-corrected chi connectivity index (χ3v) is 7.09. The molecule has 0 unspecified atom stereocenters. The van der Waals surface area contributed by atoms with E-state index in [2.05, 4.69) is 39.5 Å². The number of rotatable bonds is 8. The number of hydrogen-bond donors (Lipinski definition) is 2. The molecule has 1 saturated heterocycles. The van der Waals surface area contributed by atoms with Gasteiger partial charge in [0.2, 0.25) is 0 Å². The number of methoxy groups -OCH3 is 1. The second-order valence-electron chi connectivity index (χ2n) is 8.98. The minimum atomic E-state index is 0. The van der Waals surface area contributed by atoms with Crippen molar-refractivity contribution in [3.63, 3.8) is 0 Å². The number of aryl methyl sites for hydroxylation is 1. The molecule has 2 N–H and O–H groups in total. The molecule has 3 rings (SSSR count). The molecule has 1 aliphatic heterocycles. The number of aliphatic imine (C=N–C) groups is 1. The molecule has 7 nitrogen and oxygen atoms in total. The topological polar surface area (TPSA) is 66.7 Å². The van der Waals surface area contributed by atoms with Crippen LogP contribution in [0.1, 0.15) is 68.3 Å². The van der Waals surface area contributed by atoms with Crippen LogP contribution in [-0.4, -0.2) is 66.6 Å². The summed E-state index contributed by atoms with van der Waals surface area (Å²) in [5.41, 5.74) is 3.82. The third kappa shape index (κ3) is 6.81. The van der Waals surface area contributed by atoms with Gasteiger partial charge in [-0.1, -0.05) is 25.7 Å². The number of halogens is 1. The van der Waals surface area contributed by atoms with Crippen LogP contribution >= 0.6 is 24.0 Å². The van der Waals surface area contributed by atoms with Crippen molar-refractivity contribution in [2.75, 3.05) is 40.4 Å². The zero-order valence-electron chi connectivity index (χ0n) is 20.0. The molecule has 31 heavy (non-hydrogen) atoms. The quantitative estimate of drug-likeness (QED) is 0.296. The summed E-state index contributed by atoms with van der Waals surface area (Å²) < 4.78 is 7.25. The van der Waals surface area contributed by atoms with E-state index < -0.39 is 0 Å². The summed E-state index contributed by atoms with van der Waals surface area (Å²) in [5, 5.41) is 11.9. The van der Waals surface area contributed by atoms with E-state index in [1.165, 1.54) is 75.7 Å². The fraction of sp³-hybridized carbons (Fsp3) is 0.826. The Balaban J connectivity index is 0.00000341. The van der Waals surface area contributed by atoms with Gasteiger partial charge in [0.15, 0.2) is 5.96 Å². The first-order chi connectivity index (χ1) is 14.6. The smallest absolute Gasteiger partial charge is 0.191 e. The highest BCUT2D eigenvalue weighted by Crippen LogP contribution is 2.35. The molecule has 1 aromatic rings. The number of nitrogens with one attached hydrogen (secondary N) is 2. The lowest BCUT2D eigenvalue weighted by Gasteiger charge is -2.48. The predicted molar refractivity (Wildman–Crippen MR) is 138 cm³/mol. The molecular weight excluding hydrogens is 503 g/mol. The minimum absolute atomic E-state index is 0. The summed E-state index contributed by atoms with van der Waals surface area (Å²) in [6.07, 6.45) is 10.8. The second-order valence-corrected chi connectivity index (χ2v) is 8.98. The van der Waals surface area contributed by atoms with Crippen molar-refractivity contribution in [3.8, 4) is 0 Å². The van der Waals surface area contributed by atoms with Gasteiger partial charge in [0.1, 0.15) is 0 Å². The third-order valence-electron chi connectivity index (χ3n) is 7.09. The summed E-state index contributed by atoms with van der Waals surface area (Å²) in [6.45, 7) is 9.91. The Labute approximate surface area is 205 Å². The Morgan fingerprint density at radius 1 is 1.06 bits per heavy atom. The van der Waals surface area contributed by atoms with Crippen LogP contribution < -0.4 is 10.6 Å². The summed E-state index contributed by atoms with van der Waals surface area (Å²) in [7, 11) is 3.60. The summed E-state index contributed by atoms with van der Waals surface area (Å²) in [5.74, 6) is 0.889. The van der Waals surface area contributed by atoms with Gasteiger partial charge >= 0.3 is 0 Å². The van der Waals surface area contributed by atoms with Gasteiger partial charge in [-0.25, -0.2) is 0 Å². The molecule has 2 aliphatic rings. The van der Waals surface area contributed by atoms with Crippen LogP contribution in [-0.2, 0) is 17.8 Å². The average Bonchev–Trinajstić information content (AvgIpc) is 3.06. The molecule has 0 radical (unpaired) electrons. The van der Waals surface area contributed by atoms with Crippen LogP contribution in [0.4, 0.5) is 0 Å². The number of aromatic nitrogens is 2. The molecular formula is C23H43IN6O. The Morgan fingerprint density at radius 2 is 1.74 bits per heavy atom. The zero-order chi connectivity index (χ0) is 21.4. The molecule has 2 heterocycles. The number of likely N-dealkylation sites (tertiary alicyclic amines) is 1. The van der Waals surface area contributed by atoms with Crippen LogP contribution in [0.3, 0.4) is 0 Å². The fourth-order valence-corrected chi connectivity index (χ4v) is 5.21. The molecule has 0 atom stereocenters. The lowest BCUT2D eigenvalue weighted by molar-refractivity contribution is 0.0368. The van der Waals surface area contributed by atoms with Crippen molar-refractivity contribution in [1.29, 1.82) is 0 Å². The monoisotopic (exact) mass is 546 g/mol. The second kappa shape index (κ2) is 13.0. The number of nitrogens with zero attached hydrogens (tertiary/aromatic N) is 4. The van der Waals surface area contributed by atoms with Crippen molar-refractivity contribution in [3.05, 3.63) is 17.0 Å². The lowest BCUT2D eigenvalue weighted by Crippen LogP contribution is -2.59. The molecule has 0 amide bonds. The first-order valence-corrected chi connectivity index (χ1v) is 11.8. The van der Waals surface area contributed by atoms with Crippen molar-refractivity contribution < 1.29 is 4.74 Å². The lowest BCUT2D eigenvalue weighted by atomic mass is 9.79. The van der Waals surface area contributed by atoms with E-state index in [0.717, 1.165) is 31.3 Å². The molecule has 1 aromatic heterocycles. The Morgan fingerprint density at radius 3 is 2.39 bits per heavy atom. The average molecular weight is 547 g/mol. The molecule has 178 valence electrons. The molecule has 1 aliphatic carbocycles. The van der Waals surface area contributed by atoms with E-state index in [-0.39, 0.29) is 24.0 Å². The number of ether oxygens (including phenoxy) is 1. The van der Waals surface area contributed by atoms with E-state index in [0.29, 0.717) is 12.1 Å². The van der Waals surface area contributed by atoms with Gasteiger partial charge < -0.3 is 15.4 Å². The van der Waals surface area contributed by atoms with Gasteiger partial charge in [-0.05, 0) is 52.6 Å².